The van der Waals surface area contributed by atoms with E-state index in [1.165, 1.54) is 80.6 Å². The van der Waals surface area contributed by atoms with Gasteiger partial charge in [0.1, 0.15) is 0 Å². The van der Waals surface area contributed by atoms with Gasteiger partial charge in [-0.15, -0.1) is 11.3 Å². The van der Waals surface area contributed by atoms with E-state index in [2.05, 4.69) is 20.1 Å². The highest BCUT2D eigenvalue weighted by Gasteiger charge is 2.32. The van der Waals surface area contributed by atoms with Crippen LogP contribution in [0.15, 0.2) is 6.20 Å². The summed E-state index contributed by atoms with van der Waals surface area (Å²) in [6.07, 6.45) is 14.3. The van der Waals surface area contributed by atoms with Crippen molar-refractivity contribution in [3.63, 3.8) is 0 Å². The fourth-order valence-corrected chi connectivity index (χ4v) is 6.75. The summed E-state index contributed by atoms with van der Waals surface area (Å²) in [6, 6.07) is 0.929. The molecule has 2 saturated carbocycles. The van der Waals surface area contributed by atoms with Gasteiger partial charge in [0.25, 0.3) is 0 Å². The zero-order valence-electron chi connectivity index (χ0n) is 16.9. The second kappa shape index (κ2) is 10.3. The molecule has 0 bridgehead atoms. The molecule has 0 atom stereocenters. The number of urea groups is 1. The molecule has 1 aliphatic heterocycles. The molecule has 0 radical (unpaired) electrons. The minimum atomic E-state index is 0.0917. The molecular weight excluding hydrogens is 388 g/mol. The van der Waals surface area contributed by atoms with Gasteiger partial charge in [0.15, 0.2) is 5.13 Å². The van der Waals surface area contributed by atoms with E-state index in [1.807, 2.05) is 18.0 Å². The van der Waals surface area contributed by atoms with Gasteiger partial charge in [-0.3, -0.25) is 10.2 Å². The maximum atomic E-state index is 13.3. The van der Waals surface area contributed by atoms with Gasteiger partial charge in [0, 0.05) is 54.3 Å². The third-order valence-corrected chi connectivity index (χ3v) is 8.26. The molecule has 7 heteroatoms. The van der Waals surface area contributed by atoms with Crippen molar-refractivity contribution in [2.24, 2.45) is 0 Å². The monoisotopic (exact) mass is 422 g/mol. The number of hydrogen-bond acceptors (Lipinski definition) is 5. The van der Waals surface area contributed by atoms with Gasteiger partial charge in [0.05, 0.1) is 0 Å². The average molecular weight is 423 g/mol. The Kier molecular flexibility index (Phi) is 7.54. The molecule has 4 rings (SSSR count). The molecule has 0 spiro atoms. The van der Waals surface area contributed by atoms with Gasteiger partial charge < -0.3 is 4.90 Å². The molecule has 5 nitrogen and oxygen atoms in total. The number of thiazole rings is 1. The largest absolute Gasteiger partial charge is 0.324 e. The van der Waals surface area contributed by atoms with E-state index in [9.17, 15) is 4.79 Å². The molecular formula is C21H34N4OS2. The quantitative estimate of drug-likeness (QED) is 0.709. The predicted molar refractivity (Wildman–Crippen MR) is 119 cm³/mol. The lowest BCUT2D eigenvalue weighted by Gasteiger charge is -2.41. The van der Waals surface area contributed by atoms with Crippen LogP contribution in [0.1, 0.15) is 69.1 Å². The van der Waals surface area contributed by atoms with Crippen LogP contribution in [0.25, 0.3) is 0 Å². The Hall–Kier alpha value is -0.790. The highest BCUT2D eigenvalue weighted by Crippen LogP contribution is 2.31. The molecule has 2 amide bonds. The Labute approximate surface area is 177 Å². The summed E-state index contributed by atoms with van der Waals surface area (Å²) < 4.78 is 0. The van der Waals surface area contributed by atoms with Gasteiger partial charge >= 0.3 is 6.03 Å². The SMILES string of the molecule is O=C(Nc1ncc(CN2CCSCC2)s1)N(C1CCCCC1)C1CCCCC1. The maximum absolute atomic E-state index is 13.3. The lowest BCUT2D eigenvalue weighted by Crippen LogP contribution is -2.50. The van der Waals surface area contributed by atoms with E-state index >= 15 is 0 Å². The van der Waals surface area contributed by atoms with Gasteiger partial charge in [-0.25, -0.2) is 9.78 Å². The summed E-state index contributed by atoms with van der Waals surface area (Å²) in [5.74, 6) is 2.44. The van der Waals surface area contributed by atoms with Crippen molar-refractivity contribution >= 4 is 34.3 Å². The van der Waals surface area contributed by atoms with Crippen LogP contribution in [0, 0.1) is 0 Å². The number of carbonyl (C=O) groups is 1. The summed E-state index contributed by atoms with van der Waals surface area (Å²) >= 11 is 3.68. The lowest BCUT2D eigenvalue weighted by atomic mass is 9.89. The van der Waals surface area contributed by atoms with Crippen LogP contribution in [0.2, 0.25) is 0 Å². The second-order valence-electron chi connectivity index (χ2n) is 8.44. The third-order valence-electron chi connectivity index (χ3n) is 6.42. The smallest absolute Gasteiger partial charge is 0.319 e. The van der Waals surface area contributed by atoms with E-state index in [0.29, 0.717) is 12.1 Å². The molecule has 2 heterocycles. The highest BCUT2D eigenvalue weighted by atomic mass is 32.2. The van der Waals surface area contributed by atoms with Crippen LogP contribution < -0.4 is 5.32 Å². The first kappa shape index (κ1) is 20.5. The molecule has 1 aromatic heterocycles. The zero-order chi connectivity index (χ0) is 19.2. The topological polar surface area (TPSA) is 48.5 Å². The van der Waals surface area contributed by atoms with Crippen molar-refractivity contribution in [3.8, 4) is 0 Å². The van der Waals surface area contributed by atoms with E-state index in [0.717, 1.165) is 24.8 Å². The van der Waals surface area contributed by atoms with Crippen LogP contribution in [-0.4, -0.2) is 57.5 Å². The number of nitrogens with one attached hydrogen (secondary N) is 1. The van der Waals surface area contributed by atoms with Crippen LogP contribution in [-0.2, 0) is 6.54 Å². The summed E-state index contributed by atoms with van der Waals surface area (Å²) in [4.78, 5) is 23.8. The van der Waals surface area contributed by atoms with Gasteiger partial charge in [-0.2, -0.15) is 11.8 Å². The number of amides is 2. The number of hydrogen-bond donors (Lipinski definition) is 1. The van der Waals surface area contributed by atoms with Crippen LogP contribution in [0.5, 0.6) is 0 Å². The summed E-state index contributed by atoms with van der Waals surface area (Å²) in [6.45, 7) is 3.27. The maximum Gasteiger partial charge on any atom is 0.324 e. The molecule has 1 aromatic rings. The number of rotatable bonds is 5. The Morgan fingerprint density at radius 1 is 1.04 bits per heavy atom. The van der Waals surface area contributed by atoms with Crippen molar-refractivity contribution in [1.82, 2.24) is 14.8 Å². The third kappa shape index (κ3) is 5.42. The van der Waals surface area contributed by atoms with Crippen LogP contribution >= 0.6 is 23.1 Å². The molecule has 156 valence electrons. The van der Waals surface area contributed by atoms with E-state index in [-0.39, 0.29) is 6.03 Å². The Morgan fingerprint density at radius 2 is 1.64 bits per heavy atom. The second-order valence-corrected chi connectivity index (χ2v) is 10.8. The number of aromatic nitrogens is 1. The molecule has 0 unspecified atom stereocenters. The van der Waals surface area contributed by atoms with Crippen LogP contribution in [0.3, 0.4) is 0 Å². The summed E-state index contributed by atoms with van der Waals surface area (Å²) in [5, 5.41) is 3.93. The first-order valence-electron chi connectivity index (χ1n) is 11.1. The van der Waals surface area contributed by atoms with E-state index < -0.39 is 0 Å². The average Bonchev–Trinajstić information content (AvgIpc) is 3.17. The molecule has 0 aromatic carbocycles. The van der Waals surface area contributed by atoms with Crippen LogP contribution in [0.4, 0.5) is 9.93 Å². The normalized spacial score (nSPS) is 22.9. The van der Waals surface area contributed by atoms with Crippen molar-refractivity contribution in [3.05, 3.63) is 11.1 Å². The van der Waals surface area contributed by atoms with Gasteiger partial charge in [-0.05, 0) is 25.7 Å². The molecule has 3 fully saturated rings. The fourth-order valence-electron chi connectivity index (χ4n) is 4.92. The number of carbonyl (C=O) groups excluding carboxylic acids is 1. The van der Waals surface area contributed by atoms with E-state index in [1.54, 1.807) is 11.3 Å². The highest BCUT2D eigenvalue weighted by molar-refractivity contribution is 7.99. The Morgan fingerprint density at radius 3 is 2.25 bits per heavy atom. The van der Waals surface area contributed by atoms with Crippen molar-refractivity contribution in [2.75, 3.05) is 29.9 Å². The standard InChI is InChI=1S/C21H34N4OS2/c26-21(23-20-22-15-19(28-20)16-24-11-13-27-14-12-24)25(17-7-3-1-4-8-17)18-9-5-2-6-10-18/h15,17-18H,1-14,16H2,(H,22,23,26). The minimum Gasteiger partial charge on any atom is -0.319 e. The van der Waals surface area contributed by atoms with Crippen molar-refractivity contribution in [1.29, 1.82) is 0 Å². The van der Waals surface area contributed by atoms with Crippen molar-refractivity contribution in [2.45, 2.75) is 82.8 Å². The first-order valence-corrected chi connectivity index (χ1v) is 13.1. The van der Waals surface area contributed by atoms with E-state index in [4.69, 9.17) is 0 Å². The molecule has 3 aliphatic rings. The predicted octanol–water partition coefficient (Wildman–Crippen LogP) is 5.19. The fraction of sp³-hybridized carbons (Fsp3) is 0.810. The Balaban J connectivity index is 1.39. The van der Waals surface area contributed by atoms with Gasteiger partial charge in [0.2, 0.25) is 0 Å². The number of nitrogens with zero attached hydrogens (tertiary/aromatic N) is 3. The summed E-state index contributed by atoms with van der Waals surface area (Å²) in [5.41, 5.74) is 0. The molecule has 1 N–H and O–H groups in total. The first-order chi connectivity index (χ1) is 13.8. The number of anilines is 1. The molecule has 28 heavy (non-hydrogen) atoms. The minimum absolute atomic E-state index is 0.0917. The van der Waals surface area contributed by atoms with Crippen molar-refractivity contribution < 1.29 is 4.79 Å². The summed E-state index contributed by atoms with van der Waals surface area (Å²) in [7, 11) is 0. The molecule has 1 saturated heterocycles. The zero-order valence-corrected chi connectivity index (χ0v) is 18.5. The van der Waals surface area contributed by atoms with Gasteiger partial charge in [-0.1, -0.05) is 38.5 Å². The molecule has 2 aliphatic carbocycles. The lowest BCUT2D eigenvalue weighted by molar-refractivity contribution is 0.114. The number of thioether (sulfide) groups is 1. The Bertz CT molecular complexity index is 602.